The minimum atomic E-state index is -4.10. The third-order valence-electron chi connectivity index (χ3n) is 7.13. The molecule has 2 atom stereocenters. The maximum absolute atomic E-state index is 13.9. The van der Waals surface area contributed by atoms with E-state index >= 15 is 0 Å². The van der Waals surface area contributed by atoms with Crippen LogP contribution >= 0.6 is 0 Å². The molecule has 4 rings (SSSR count). The molecule has 2 aromatic rings. The second-order valence-corrected chi connectivity index (χ2v) is 11.5. The van der Waals surface area contributed by atoms with Crippen molar-refractivity contribution in [3.63, 3.8) is 0 Å². The third-order valence-corrected chi connectivity index (χ3v) is 8.60. The number of benzene rings is 2. The van der Waals surface area contributed by atoms with E-state index in [-0.39, 0.29) is 30.9 Å². The summed E-state index contributed by atoms with van der Waals surface area (Å²) in [5, 5.41) is 12.8. The number of aryl methyl sites for hydroxylation is 1. The average Bonchev–Trinajstić information content (AvgIpc) is 3.18. The lowest BCUT2D eigenvalue weighted by molar-refractivity contribution is -0.155. The Hall–Kier alpha value is -3.52. The molecule has 39 heavy (non-hydrogen) atoms. The fourth-order valence-corrected chi connectivity index (χ4v) is 6.22. The number of amides is 1. The highest BCUT2D eigenvalue weighted by Crippen LogP contribution is 2.22. The van der Waals surface area contributed by atoms with Crippen molar-refractivity contribution in [3.8, 4) is 6.07 Å². The molecule has 2 heterocycles. The predicted molar refractivity (Wildman–Crippen MR) is 146 cm³/mol. The maximum atomic E-state index is 13.9. The van der Waals surface area contributed by atoms with E-state index in [1.807, 2.05) is 19.1 Å². The van der Waals surface area contributed by atoms with Crippen LogP contribution in [0.25, 0.3) is 0 Å². The van der Waals surface area contributed by atoms with Crippen molar-refractivity contribution in [1.29, 1.82) is 5.26 Å². The molecule has 0 aromatic heterocycles. The number of fused-ring (bicyclic) bond motifs is 1. The summed E-state index contributed by atoms with van der Waals surface area (Å²) in [6.45, 7) is 5.43. The summed E-state index contributed by atoms with van der Waals surface area (Å²) in [6.07, 6.45) is 5.41. The largest absolute Gasteiger partial charge is 0.464 e. The first-order valence-electron chi connectivity index (χ1n) is 13.2. The smallest absolute Gasteiger partial charge is 0.329 e. The number of ether oxygens (including phenoxy) is 1. The molecule has 0 saturated heterocycles. The number of hydrogen-bond acceptors (Lipinski definition) is 7. The van der Waals surface area contributed by atoms with Crippen LogP contribution in [0.5, 0.6) is 0 Å². The van der Waals surface area contributed by atoms with Crippen molar-refractivity contribution in [2.75, 3.05) is 26.2 Å². The lowest BCUT2D eigenvalue weighted by Crippen LogP contribution is -2.55. The summed E-state index contributed by atoms with van der Waals surface area (Å²) < 4.78 is 35.1. The number of carbonyl (C=O) groups excluding carboxylic acids is 2. The van der Waals surface area contributed by atoms with Crippen LogP contribution in [0.1, 0.15) is 41.2 Å². The summed E-state index contributed by atoms with van der Waals surface area (Å²) >= 11 is 0. The third kappa shape index (κ3) is 6.74. The van der Waals surface area contributed by atoms with Gasteiger partial charge < -0.3 is 15.0 Å². The number of nitriles is 1. The summed E-state index contributed by atoms with van der Waals surface area (Å²) in [5.74, 6) is -1.06. The Morgan fingerprint density at radius 3 is 2.67 bits per heavy atom. The van der Waals surface area contributed by atoms with E-state index in [1.165, 1.54) is 4.90 Å². The molecule has 0 radical (unpaired) electrons. The van der Waals surface area contributed by atoms with Gasteiger partial charge in [0.15, 0.2) is 0 Å². The quantitative estimate of drug-likeness (QED) is 0.381. The Bertz CT molecular complexity index is 1410. The molecule has 0 fully saturated rings. The highest BCUT2D eigenvalue weighted by molar-refractivity contribution is 7.89. The standard InChI is InChI=1S/C29H34N4O5S/c1-3-38-29(35)27-6-4-5-15-33(27)28(34)26(17-21-8-7-20(2)24(16-21)19-30)32-39(36,37)25-10-9-22-11-13-31-14-12-23(22)18-25/h4-5,7-10,16,18,26-27,31-32H,3,6,11-15,17H2,1-2H3/t26-,27+/m0/s1. The Morgan fingerprint density at radius 1 is 1.15 bits per heavy atom. The van der Waals surface area contributed by atoms with Gasteiger partial charge in [-0.15, -0.1) is 0 Å². The van der Waals surface area contributed by atoms with Gasteiger partial charge in [-0.3, -0.25) is 4.79 Å². The second kappa shape index (κ2) is 12.6. The van der Waals surface area contributed by atoms with Crippen LogP contribution in [0.2, 0.25) is 0 Å². The molecule has 0 spiro atoms. The highest BCUT2D eigenvalue weighted by atomic mass is 32.2. The van der Waals surface area contributed by atoms with Gasteiger partial charge in [-0.05, 0) is 93.1 Å². The van der Waals surface area contributed by atoms with Crippen LogP contribution in [0.15, 0.2) is 53.4 Å². The lowest BCUT2D eigenvalue weighted by Gasteiger charge is -2.34. The first-order valence-corrected chi connectivity index (χ1v) is 14.7. The molecule has 0 bridgehead atoms. The number of nitrogens with zero attached hydrogens (tertiary/aromatic N) is 2. The van der Waals surface area contributed by atoms with Gasteiger partial charge in [-0.2, -0.15) is 9.98 Å². The van der Waals surface area contributed by atoms with Gasteiger partial charge in [0.1, 0.15) is 12.1 Å². The molecule has 10 heteroatoms. The van der Waals surface area contributed by atoms with Crippen molar-refractivity contribution in [2.45, 2.75) is 56.5 Å². The molecular weight excluding hydrogens is 516 g/mol. The van der Waals surface area contributed by atoms with E-state index < -0.39 is 34.0 Å². The Kier molecular flexibility index (Phi) is 9.17. The molecule has 0 aliphatic carbocycles. The summed E-state index contributed by atoms with van der Waals surface area (Å²) in [7, 11) is -4.10. The van der Waals surface area contributed by atoms with Crippen LogP contribution in [0, 0.1) is 18.3 Å². The fraction of sp³-hybridized carbons (Fsp3) is 0.414. The Labute approximate surface area is 229 Å². The van der Waals surface area contributed by atoms with Gasteiger partial charge in [0, 0.05) is 6.54 Å². The summed E-state index contributed by atoms with van der Waals surface area (Å²) in [6, 6.07) is 10.4. The van der Waals surface area contributed by atoms with Gasteiger partial charge in [-0.1, -0.05) is 30.4 Å². The van der Waals surface area contributed by atoms with E-state index in [0.29, 0.717) is 17.5 Å². The number of esters is 1. The Morgan fingerprint density at radius 2 is 1.92 bits per heavy atom. The monoisotopic (exact) mass is 550 g/mol. The van der Waals surface area contributed by atoms with Gasteiger partial charge in [0.05, 0.1) is 23.1 Å². The van der Waals surface area contributed by atoms with Crippen molar-refractivity contribution in [2.24, 2.45) is 0 Å². The Balaban J connectivity index is 1.68. The summed E-state index contributed by atoms with van der Waals surface area (Å²) in [4.78, 5) is 28.0. The zero-order valence-corrected chi connectivity index (χ0v) is 23.1. The molecule has 1 amide bonds. The molecule has 0 saturated carbocycles. The highest BCUT2D eigenvalue weighted by Gasteiger charge is 2.37. The van der Waals surface area contributed by atoms with Crippen LogP contribution in [-0.4, -0.2) is 63.5 Å². The second-order valence-electron chi connectivity index (χ2n) is 9.79. The van der Waals surface area contributed by atoms with E-state index in [1.54, 1.807) is 43.3 Å². The predicted octanol–water partition coefficient (Wildman–Crippen LogP) is 2.16. The number of nitrogens with one attached hydrogen (secondary N) is 2. The van der Waals surface area contributed by atoms with Gasteiger partial charge in [0.25, 0.3) is 0 Å². The fourth-order valence-electron chi connectivity index (χ4n) is 4.98. The van der Waals surface area contributed by atoms with Gasteiger partial charge in [-0.25, -0.2) is 13.2 Å². The molecule has 2 aliphatic rings. The van der Waals surface area contributed by atoms with E-state index in [4.69, 9.17) is 4.74 Å². The first-order chi connectivity index (χ1) is 18.7. The number of rotatable bonds is 8. The van der Waals surface area contributed by atoms with Gasteiger partial charge >= 0.3 is 5.97 Å². The van der Waals surface area contributed by atoms with E-state index in [2.05, 4.69) is 16.1 Å². The van der Waals surface area contributed by atoms with Crippen molar-refractivity contribution < 1.29 is 22.7 Å². The van der Waals surface area contributed by atoms with Gasteiger partial charge in [0.2, 0.25) is 15.9 Å². The maximum Gasteiger partial charge on any atom is 0.329 e. The minimum Gasteiger partial charge on any atom is -0.464 e. The van der Waals surface area contributed by atoms with Crippen molar-refractivity contribution in [1.82, 2.24) is 14.9 Å². The van der Waals surface area contributed by atoms with Crippen LogP contribution in [0.3, 0.4) is 0 Å². The minimum absolute atomic E-state index is 0.0116. The summed E-state index contributed by atoms with van der Waals surface area (Å²) in [5.41, 5.74) is 3.93. The normalized spacial score (nSPS) is 18.0. The van der Waals surface area contributed by atoms with Crippen LogP contribution in [-0.2, 0) is 43.6 Å². The number of hydrogen-bond donors (Lipinski definition) is 2. The van der Waals surface area contributed by atoms with Crippen LogP contribution in [0.4, 0.5) is 0 Å². The molecule has 2 N–H and O–H groups in total. The van der Waals surface area contributed by atoms with Crippen LogP contribution < -0.4 is 10.0 Å². The average molecular weight is 551 g/mol. The molecule has 9 nitrogen and oxygen atoms in total. The number of carbonyl (C=O) groups is 2. The lowest BCUT2D eigenvalue weighted by atomic mass is 9.99. The number of sulfonamides is 1. The molecule has 206 valence electrons. The van der Waals surface area contributed by atoms with Crippen molar-refractivity contribution in [3.05, 3.63) is 76.4 Å². The SMILES string of the molecule is CCOC(=O)[C@H]1CC=CCN1C(=O)[C@H](Cc1ccc(C)c(C#N)c1)NS(=O)(=O)c1ccc2c(c1)CCNCC2. The zero-order valence-electron chi connectivity index (χ0n) is 22.3. The van der Waals surface area contributed by atoms with E-state index in [9.17, 15) is 23.3 Å². The first kappa shape index (κ1) is 28.5. The topological polar surface area (TPSA) is 129 Å². The molecule has 2 aliphatic heterocycles. The molecular formula is C29H34N4O5S. The zero-order chi connectivity index (χ0) is 28.0. The molecule has 0 unspecified atom stereocenters. The molecule has 2 aromatic carbocycles. The van der Waals surface area contributed by atoms with Crippen molar-refractivity contribution >= 4 is 21.9 Å². The van der Waals surface area contributed by atoms with E-state index in [0.717, 1.165) is 36.2 Å².